The Morgan fingerprint density at radius 3 is 2.59 bits per heavy atom. The molecule has 0 saturated carbocycles. The van der Waals surface area contributed by atoms with Crippen LogP contribution in [0.4, 0.5) is 4.39 Å². The lowest BCUT2D eigenvalue weighted by Gasteiger charge is -2.18. The van der Waals surface area contributed by atoms with E-state index < -0.39 is 0 Å². The Bertz CT molecular complexity index is 1030. The number of pyridine rings is 1. The predicted octanol–water partition coefficient (Wildman–Crippen LogP) is 3.55. The molecule has 0 fully saturated rings. The van der Waals surface area contributed by atoms with Gasteiger partial charge in [0.05, 0.1) is 17.8 Å². The summed E-state index contributed by atoms with van der Waals surface area (Å²) in [6, 6.07) is 17.5. The molecule has 0 aliphatic carbocycles. The van der Waals surface area contributed by atoms with Crippen LogP contribution in [0.2, 0.25) is 0 Å². The van der Waals surface area contributed by atoms with E-state index in [1.807, 2.05) is 43.3 Å². The first-order valence-electron chi connectivity index (χ1n) is 9.39. The first-order chi connectivity index (χ1) is 14.0. The van der Waals surface area contributed by atoms with Gasteiger partial charge in [0.25, 0.3) is 0 Å². The second-order valence-electron chi connectivity index (χ2n) is 6.52. The Balaban J connectivity index is 1.56. The van der Waals surface area contributed by atoms with Gasteiger partial charge in [0.15, 0.2) is 0 Å². The smallest absolute Gasteiger partial charge is 0.247 e. The number of halogens is 1. The zero-order chi connectivity index (χ0) is 20.6. The van der Waals surface area contributed by atoms with E-state index >= 15 is 0 Å². The molecule has 3 rings (SSSR count). The van der Waals surface area contributed by atoms with Crippen LogP contribution in [0, 0.1) is 5.82 Å². The first-order valence-corrected chi connectivity index (χ1v) is 9.39. The van der Waals surface area contributed by atoms with E-state index in [2.05, 4.69) is 10.3 Å². The van der Waals surface area contributed by atoms with Crippen LogP contribution < -0.4 is 5.32 Å². The van der Waals surface area contributed by atoms with Crippen LogP contribution >= 0.6 is 0 Å². The van der Waals surface area contributed by atoms with Crippen molar-refractivity contribution < 1.29 is 14.0 Å². The molecular weight excluding hydrogens is 369 g/mol. The summed E-state index contributed by atoms with van der Waals surface area (Å²) in [5, 5.41) is 3.77. The minimum Gasteiger partial charge on any atom is -0.350 e. The molecule has 0 saturated heterocycles. The van der Waals surface area contributed by atoms with Gasteiger partial charge >= 0.3 is 0 Å². The Hall–Kier alpha value is -3.54. The lowest BCUT2D eigenvalue weighted by atomic mass is 10.2. The molecule has 1 heterocycles. The quantitative estimate of drug-likeness (QED) is 0.627. The van der Waals surface area contributed by atoms with Crippen LogP contribution in [-0.2, 0) is 16.1 Å². The van der Waals surface area contributed by atoms with Crippen molar-refractivity contribution in [1.29, 1.82) is 0 Å². The molecule has 6 heteroatoms. The fourth-order valence-corrected chi connectivity index (χ4v) is 2.81. The van der Waals surface area contributed by atoms with Crippen molar-refractivity contribution in [3.05, 3.63) is 83.8 Å². The summed E-state index contributed by atoms with van der Waals surface area (Å²) in [6.45, 7) is 2.44. The average Bonchev–Trinajstić information content (AvgIpc) is 2.75. The van der Waals surface area contributed by atoms with Crippen molar-refractivity contribution in [3.63, 3.8) is 0 Å². The molecule has 1 N–H and O–H groups in total. The maximum Gasteiger partial charge on any atom is 0.247 e. The van der Waals surface area contributed by atoms with E-state index in [-0.39, 0.29) is 30.7 Å². The van der Waals surface area contributed by atoms with E-state index in [1.165, 1.54) is 23.1 Å². The van der Waals surface area contributed by atoms with E-state index in [1.54, 1.807) is 18.2 Å². The van der Waals surface area contributed by atoms with Crippen LogP contribution in [0.25, 0.3) is 17.0 Å². The number of likely N-dealkylation sites (N-methyl/N-ethyl adjacent to an activating group) is 1. The Labute approximate surface area is 168 Å². The number of hydrogen-bond donors (Lipinski definition) is 1. The zero-order valence-corrected chi connectivity index (χ0v) is 16.1. The van der Waals surface area contributed by atoms with Gasteiger partial charge in [0.1, 0.15) is 5.82 Å². The van der Waals surface area contributed by atoms with Crippen LogP contribution in [0.5, 0.6) is 0 Å². The van der Waals surface area contributed by atoms with Gasteiger partial charge in [0.2, 0.25) is 11.8 Å². The number of fused-ring (bicyclic) bond motifs is 1. The lowest BCUT2D eigenvalue weighted by molar-refractivity contribution is -0.132. The molecule has 0 radical (unpaired) electrons. The number of benzene rings is 2. The van der Waals surface area contributed by atoms with E-state index in [9.17, 15) is 14.0 Å². The van der Waals surface area contributed by atoms with Crippen molar-refractivity contribution in [2.75, 3.05) is 13.1 Å². The Morgan fingerprint density at radius 2 is 1.83 bits per heavy atom. The molecule has 2 amide bonds. The largest absolute Gasteiger partial charge is 0.350 e. The normalized spacial score (nSPS) is 11.0. The van der Waals surface area contributed by atoms with Gasteiger partial charge in [0, 0.05) is 24.6 Å². The standard InChI is InChI=1S/C23H22FN3O2/c1-2-27(16-22(28)25-15-17-7-10-19(24)11-8-17)23(29)14-13-20-12-9-18-5-3-4-6-21(18)26-20/h3-14H,2,15-16H2,1H3,(H,25,28). The molecule has 0 atom stereocenters. The number of carbonyl (C=O) groups excluding carboxylic acids is 2. The van der Waals surface area contributed by atoms with Crippen LogP contribution in [0.3, 0.4) is 0 Å². The van der Waals surface area contributed by atoms with Crippen molar-refractivity contribution in [2.24, 2.45) is 0 Å². The predicted molar refractivity (Wildman–Crippen MR) is 111 cm³/mol. The molecule has 0 aliphatic heterocycles. The fourth-order valence-electron chi connectivity index (χ4n) is 2.81. The highest BCUT2D eigenvalue weighted by atomic mass is 19.1. The summed E-state index contributed by atoms with van der Waals surface area (Å²) in [5.74, 6) is -0.864. The summed E-state index contributed by atoms with van der Waals surface area (Å²) in [6.07, 6.45) is 3.07. The number of hydrogen-bond acceptors (Lipinski definition) is 3. The van der Waals surface area contributed by atoms with Gasteiger partial charge in [-0.25, -0.2) is 9.37 Å². The molecule has 5 nitrogen and oxygen atoms in total. The SMILES string of the molecule is CCN(CC(=O)NCc1ccc(F)cc1)C(=O)C=Cc1ccc2ccccc2n1. The topological polar surface area (TPSA) is 62.3 Å². The lowest BCUT2D eigenvalue weighted by Crippen LogP contribution is -2.39. The molecule has 148 valence electrons. The number of rotatable bonds is 7. The number of nitrogens with one attached hydrogen (secondary N) is 1. The molecule has 0 spiro atoms. The highest BCUT2D eigenvalue weighted by molar-refractivity contribution is 5.94. The van der Waals surface area contributed by atoms with Crippen LogP contribution in [0.1, 0.15) is 18.2 Å². The van der Waals surface area contributed by atoms with Crippen LogP contribution in [0.15, 0.2) is 66.7 Å². The molecule has 0 aliphatic rings. The van der Waals surface area contributed by atoms with Crippen molar-refractivity contribution in [3.8, 4) is 0 Å². The number of nitrogens with zero attached hydrogens (tertiary/aromatic N) is 2. The van der Waals surface area contributed by atoms with Gasteiger partial charge in [-0.15, -0.1) is 0 Å². The first kappa shape index (κ1) is 20.2. The third-order valence-electron chi connectivity index (χ3n) is 4.45. The molecule has 1 aromatic heterocycles. The minimum absolute atomic E-state index is 0.0496. The van der Waals surface area contributed by atoms with Gasteiger partial charge in [-0.05, 0) is 42.8 Å². The minimum atomic E-state index is -0.324. The summed E-state index contributed by atoms with van der Waals surface area (Å²) >= 11 is 0. The van der Waals surface area contributed by atoms with E-state index in [0.717, 1.165) is 16.5 Å². The van der Waals surface area contributed by atoms with Crippen molar-refractivity contribution in [1.82, 2.24) is 15.2 Å². The number of para-hydroxylation sites is 1. The highest BCUT2D eigenvalue weighted by Crippen LogP contribution is 2.12. The van der Waals surface area contributed by atoms with E-state index in [4.69, 9.17) is 0 Å². The summed E-state index contributed by atoms with van der Waals surface area (Å²) in [4.78, 5) is 30.6. The maximum absolute atomic E-state index is 12.9. The number of aromatic nitrogens is 1. The van der Waals surface area contributed by atoms with Gasteiger partial charge in [-0.1, -0.05) is 36.4 Å². The van der Waals surface area contributed by atoms with Gasteiger partial charge in [-0.2, -0.15) is 0 Å². The Kier molecular flexibility index (Phi) is 6.68. The number of amides is 2. The van der Waals surface area contributed by atoms with Crippen molar-refractivity contribution in [2.45, 2.75) is 13.5 Å². The molecule has 0 unspecified atom stereocenters. The molecular formula is C23H22FN3O2. The van der Waals surface area contributed by atoms with Crippen molar-refractivity contribution >= 4 is 28.8 Å². The molecule has 2 aromatic carbocycles. The molecule has 3 aromatic rings. The third-order valence-corrected chi connectivity index (χ3v) is 4.45. The van der Waals surface area contributed by atoms with Gasteiger partial charge < -0.3 is 10.2 Å². The second-order valence-corrected chi connectivity index (χ2v) is 6.52. The van der Waals surface area contributed by atoms with E-state index in [0.29, 0.717) is 12.2 Å². The fraction of sp³-hybridized carbons (Fsp3) is 0.174. The maximum atomic E-state index is 12.9. The average molecular weight is 391 g/mol. The molecule has 0 bridgehead atoms. The monoisotopic (exact) mass is 391 g/mol. The summed E-state index contributed by atoms with van der Waals surface area (Å²) < 4.78 is 12.9. The summed E-state index contributed by atoms with van der Waals surface area (Å²) in [5.41, 5.74) is 2.32. The highest BCUT2D eigenvalue weighted by Gasteiger charge is 2.13. The third kappa shape index (κ3) is 5.72. The van der Waals surface area contributed by atoms with Crippen LogP contribution in [-0.4, -0.2) is 34.8 Å². The van der Waals surface area contributed by atoms with Gasteiger partial charge in [-0.3, -0.25) is 9.59 Å². The molecule has 29 heavy (non-hydrogen) atoms. The second kappa shape index (κ2) is 9.59. The Morgan fingerprint density at radius 1 is 1.07 bits per heavy atom. The summed E-state index contributed by atoms with van der Waals surface area (Å²) in [7, 11) is 0. The number of carbonyl (C=O) groups is 2. The zero-order valence-electron chi connectivity index (χ0n) is 16.1.